The Balaban J connectivity index is 0.000000256. The third-order valence-electron chi connectivity index (χ3n) is 3.37. The molecule has 0 saturated carbocycles. The molecule has 1 aromatic rings. The normalized spacial score (nSPS) is 23.3. The van der Waals surface area contributed by atoms with Gasteiger partial charge in [-0.2, -0.15) is 13.2 Å². The van der Waals surface area contributed by atoms with Crippen LogP contribution in [0.1, 0.15) is 0 Å². The highest BCUT2D eigenvalue weighted by molar-refractivity contribution is 6.41. The Labute approximate surface area is 145 Å². The molecule has 134 valence electrons. The van der Waals surface area contributed by atoms with Crippen molar-refractivity contribution in [2.45, 2.75) is 18.4 Å². The van der Waals surface area contributed by atoms with Crippen molar-refractivity contribution < 1.29 is 27.8 Å². The monoisotopic (exact) mass is 387 g/mol. The Bertz CT molecular complexity index is 592. The summed E-state index contributed by atoms with van der Waals surface area (Å²) in [4.78, 5) is 15.2. The molecule has 1 aromatic heterocycles. The van der Waals surface area contributed by atoms with E-state index in [9.17, 15) is 13.2 Å². The zero-order chi connectivity index (χ0) is 17.9. The van der Waals surface area contributed by atoms with Crippen LogP contribution in [0, 0.1) is 0 Å². The number of halogens is 5. The highest BCUT2D eigenvalue weighted by Crippen LogP contribution is 2.27. The number of aromatic nitrogens is 1. The minimum absolute atomic E-state index is 0.247. The van der Waals surface area contributed by atoms with E-state index in [1.807, 2.05) is 6.07 Å². The Morgan fingerprint density at radius 2 is 1.88 bits per heavy atom. The van der Waals surface area contributed by atoms with Crippen molar-refractivity contribution >= 4 is 34.9 Å². The van der Waals surface area contributed by atoms with Crippen molar-refractivity contribution in [2.24, 2.45) is 0 Å². The second-order valence-corrected chi connectivity index (χ2v) is 5.98. The Morgan fingerprint density at radius 1 is 1.33 bits per heavy atom. The molecule has 0 radical (unpaired) electrons. The van der Waals surface area contributed by atoms with Crippen molar-refractivity contribution in [2.75, 3.05) is 31.1 Å². The van der Waals surface area contributed by atoms with Crippen molar-refractivity contribution in [1.82, 2.24) is 10.3 Å². The fourth-order valence-corrected chi connectivity index (χ4v) is 2.61. The van der Waals surface area contributed by atoms with Gasteiger partial charge >= 0.3 is 12.1 Å². The first-order chi connectivity index (χ1) is 11.2. The number of aliphatic carboxylic acids is 1. The lowest BCUT2D eigenvalue weighted by Gasteiger charge is -2.42. The van der Waals surface area contributed by atoms with Crippen LogP contribution >= 0.6 is 23.2 Å². The lowest BCUT2D eigenvalue weighted by Crippen LogP contribution is -2.58. The van der Waals surface area contributed by atoms with Gasteiger partial charge in [-0.3, -0.25) is 0 Å². The predicted octanol–water partition coefficient (Wildman–Crippen LogP) is 2.20. The number of anilines is 1. The lowest BCUT2D eigenvalue weighted by molar-refractivity contribution is -0.192. The molecular formula is C13H14Cl2F3N3O3. The first-order valence-electron chi connectivity index (χ1n) is 6.89. The number of rotatable bonds is 1. The molecule has 2 saturated heterocycles. The average molecular weight is 388 g/mol. The summed E-state index contributed by atoms with van der Waals surface area (Å²) in [6.45, 7) is 3.54. The number of carboxylic acids is 1. The van der Waals surface area contributed by atoms with Crippen LogP contribution in [-0.2, 0) is 9.53 Å². The number of nitrogens with one attached hydrogen (secondary N) is 1. The Hall–Kier alpha value is -1.29. The number of morpholine rings is 2. The van der Waals surface area contributed by atoms with Crippen molar-refractivity contribution in [3.63, 3.8) is 0 Å². The topological polar surface area (TPSA) is 74.7 Å². The summed E-state index contributed by atoms with van der Waals surface area (Å²) in [5, 5.41) is 11.3. The SMILES string of the molecule is Clc1cc(N2CC3CNCC(C2)O3)cnc1Cl.O=C(O)C(F)(F)F. The van der Waals surface area contributed by atoms with E-state index in [0.29, 0.717) is 10.2 Å². The van der Waals surface area contributed by atoms with Gasteiger partial charge in [0.1, 0.15) is 5.15 Å². The largest absolute Gasteiger partial charge is 0.490 e. The highest BCUT2D eigenvalue weighted by atomic mass is 35.5. The molecule has 2 bridgehead atoms. The molecule has 2 N–H and O–H groups in total. The third kappa shape index (κ3) is 5.10. The van der Waals surface area contributed by atoms with Gasteiger partial charge in [0.05, 0.1) is 29.1 Å². The van der Waals surface area contributed by atoms with Gasteiger partial charge in [-0.05, 0) is 6.07 Å². The number of nitrogens with zero attached hydrogens (tertiary/aromatic N) is 2. The molecule has 2 atom stereocenters. The number of pyridine rings is 1. The van der Waals surface area contributed by atoms with Gasteiger partial charge in [0.25, 0.3) is 0 Å². The van der Waals surface area contributed by atoms with Gasteiger partial charge in [-0.15, -0.1) is 0 Å². The van der Waals surface area contributed by atoms with E-state index in [1.165, 1.54) is 0 Å². The lowest BCUT2D eigenvalue weighted by atomic mass is 10.1. The Morgan fingerprint density at radius 3 is 2.33 bits per heavy atom. The van der Waals surface area contributed by atoms with Crippen LogP contribution in [-0.4, -0.2) is 60.6 Å². The van der Waals surface area contributed by atoms with Crippen molar-refractivity contribution in [3.05, 3.63) is 22.4 Å². The number of hydrogen-bond acceptors (Lipinski definition) is 5. The zero-order valence-corrected chi connectivity index (χ0v) is 13.7. The maximum absolute atomic E-state index is 10.6. The molecule has 2 unspecified atom stereocenters. The quantitative estimate of drug-likeness (QED) is 0.719. The van der Waals surface area contributed by atoms with Crippen molar-refractivity contribution in [3.8, 4) is 0 Å². The number of hydrogen-bond donors (Lipinski definition) is 2. The molecule has 0 spiro atoms. The average Bonchev–Trinajstić information content (AvgIpc) is 2.49. The van der Waals surface area contributed by atoms with E-state index in [1.54, 1.807) is 6.20 Å². The number of carbonyl (C=O) groups is 1. The molecule has 3 rings (SSSR count). The number of carboxylic acid groups (broad SMARTS) is 1. The molecule has 0 amide bonds. The zero-order valence-electron chi connectivity index (χ0n) is 12.2. The summed E-state index contributed by atoms with van der Waals surface area (Å²) in [5.41, 5.74) is 1.01. The summed E-state index contributed by atoms with van der Waals surface area (Å²) in [5.74, 6) is -2.76. The van der Waals surface area contributed by atoms with Crippen molar-refractivity contribution in [1.29, 1.82) is 0 Å². The van der Waals surface area contributed by atoms with Gasteiger partial charge in [0, 0.05) is 26.2 Å². The van der Waals surface area contributed by atoms with Gasteiger partial charge in [-0.1, -0.05) is 23.2 Å². The van der Waals surface area contributed by atoms with E-state index < -0.39 is 12.1 Å². The molecule has 2 fully saturated rings. The minimum Gasteiger partial charge on any atom is -0.475 e. The summed E-state index contributed by atoms with van der Waals surface area (Å²) < 4.78 is 37.6. The molecule has 3 heterocycles. The molecule has 24 heavy (non-hydrogen) atoms. The number of alkyl halides is 3. The van der Waals surface area contributed by atoms with E-state index in [2.05, 4.69) is 15.2 Å². The van der Waals surface area contributed by atoms with E-state index in [-0.39, 0.29) is 12.2 Å². The predicted molar refractivity (Wildman–Crippen MR) is 81.7 cm³/mol. The van der Waals surface area contributed by atoms with Crippen LogP contribution in [0.15, 0.2) is 12.3 Å². The number of fused-ring (bicyclic) bond motifs is 2. The highest BCUT2D eigenvalue weighted by Gasteiger charge is 2.38. The fraction of sp³-hybridized carbons (Fsp3) is 0.538. The second-order valence-electron chi connectivity index (χ2n) is 5.21. The Kier molecular flexibility index (Phi) is 6.13. The maximum Gasteiger partial charge on any atom is 0.490 e. The molecule has 2 aliphatic rings. The molecule has 0 aliphatic carbocycles. The number of ether oxygens (including phenoxy) is 1. The summed E-state index contributed by atoms with van der Waals surface area (Å²) in [6, 6.07) is 1.87. The van der Waals surface area contributed by atoms with Gasteiger partial charge < -0.3 is 20.1 Å². The second kappa shape index (κ2) is 7.73. The van der Waals surface area contributed by atoms with Gasteiger partial charge in [-0.25, -0.2) is 9.78 Å². The maximum atomic E-state index is 10.6. The smallest absolute Gasteiger partial charge is 0.475 e. The fourth-order valence-electron chi connectivity index (χ4n) is 2.35. The van der Waals surface area contributed by atoms with Crippen LogP contribution in [0.4, 0.5) is 18.9 Å². The molecular weight excluding hydrogens is 374 g/mol. The summed E-state index contributed by atoms with van der Waals surface area (Å²) >= 11 is 11.8. The third-order valence-corrected chi connectivity index (χ3v) is 4.05. The van der Waals surface area contributed by atoms with Crippen LogP contribution in [0.5, 0.6) is 0 Å². The van der Waals surface area contributed by atoms with Crippen LogP contribution in [0.25, 0.3) is 0 Å². The van der Waals surface area contributed by atoms with Crippen LogP contribution < -0.4 is 10.2 Å². The molecule has 2 aliphatic heterocycles. The van der Waals surface area contributed by atoms with E-state index >= 15 is 0 Å². The van der Waals surface area contributed by atoms with Gasteiger partial charge in [0.2, 0.25) is 0 Å². The molecule has 6 nitrogen and oxygen atoms in total. The van der Waals surface area contributed by atoms with Gasteiger partial charge in [0.15, 0.2) is 0 Å². The van der Waals surface area contributed by atoms with E-state index in [0.717, 1.165) is 31.9 Å². The minimum atomic E-state index is -5.08. The molecule has 0 aromatic carbocycles. The summed E-state index contributed by atoms with van der Waals surface area (Å²) in [7, 11) is 0. The summed E-state index contributed by atoms with van der Waals surface area (Å²) in [6.07, 6.45) is -2.82. The van der Waals surface area contributed by atoms with E-state index in [4.69, 9.17) is 37.8 Å². The first kappa shape index (κ1) is 19.0. The molecule has 11 heteroatoms. The standard InChI is InChI=1S/C11H13Cl2N3O.C2HF3O2/c12-10-1-7(2-15-11(10)13)16-5-8-3-14-4-9(6-16)17-8;3-2(4,5)1(6)7/h1-2,8-9,14H,3-6H2;(H,6,7). The van der Waals surface area contributed by atoms with Crippen LogP contribution in [0.3, 0.4) is 0 Å². The first-order valence-corrected chi connectivity index (χ1v) is 7.64. The van der Waals surface area contributed by atoms with Crippen LogP contribution in [0.2, 0.25) is 10.2 Å².